The fraction of sp³-hybridized carbons (Fsp3) is 0.111. The molecule has 33 heavy (non-hydrogen) atoms. The van der Waals surface area contributed by atoms with Gasteiger partial charge in [-0.05, 0) is 41.5 Å². The van der Waals surface area contributed by atoms with Gasteiger partial charge in [0.1, 0.15) is 11.5 Å². The number of rotatable bonds is 6. The predicted molar refractivity (Wildman–Crippen MR) is 124 cm³/mol. The number of amides is 1. The molecule has 164 valence electrons. The summed E-state index contributed by atoms with van der Waals surface area (Å²) in [4.78, 5) is 19.0. The highest BCUT2D eigenvalue weighted by molar-refractivity contribution is 6.01. The lowest BCUT2D eigenvalue weighted by atomic mass is 10.1. The molecule has 2 heterocycles. The van der Waals surface area contributed by atoms with Crippen molar-refractivity contribution in [3.63, 3.8) is 0 Å². The van der Waals surface area contributed by atoms with Crippen molar-refractivity contribution in [1.82, 2.24) is 4.90 Å². The van der Waals surface area contributed by atoms with Crippen molar-refractivity contribution in [2.75, 3.05) is 7.05 Å². The zero-order valence-corrected chi connectivity index (χ0v) is 18.0. The van der Waals surface area contributed by atoms with Crippen LogP contribution in [0.5, 0.6) is 11.5 Å². The highest BCUT2D eigenvalue weighted by Gasteiger charge is 2.31. The highest BCUT2D eigenvalue weighted by Crippen LogP contribution is 2.36. The molecule has 0 spiro atoms. The van der Waals surface area contributed by atoms with Crippen molar-refractivity contribution in [3.8, 4) is 22.8 Å². The molecule has 0 unspecified atom stereocenters. The Balaban J connectivity index is 1.38. The first-order valence-electron chi connectivity index (χ1n) is 10.6. The Bertz CT molecular complexity index is 1330. The zero-order chi connectivity index (χ0) is 22.8. The average Bonchev–Trinajstić information content (AvgIpc) is 3.46. The van der Waals surface area contributed by atoms with Crippen molar-refractivity contribution in [1.29, 1.82) is 0 Å². The number of fused-ring (bicyclic) bond motifs is 1. The molecule has 5 nitrogen and oxygen atoms in total. The Morgan fingerprint density at radius 3 is 2.64 bits per heavy atom. The molecule has 1 amide bonds. The van der Waals surface area contributed by atoms with Crippen LogP contribution < -0.4 is 4.74 Å². The molecule has 0 saturated heterocycles. The van der Waals surface area contributed by atoms with Gasteiger partial charge in [-0.2, -0.15) is 0 Å². The smallest absolute Gasteiger partial charge is 0.258 e. The van der Waals surface area contributed by atoms with Crippen molar-refractivity contribution in [2.45, 2.75) is 13.1 Å². The maximum absolute atomic E-state index is 14.5. The van der Waals surface area contributed by atoms with E-state index in [9.17, 15) is 9.18 Å². The summed E-state index contributed by atoms with van der Waals surface area (Å²) < 4.78 is 25.9. The van der Waals surface area contributed by atoms with Crippen LogP contribution in [0.15, 0.2) is 88.5 Å². The van der Waals surface area contributed by atoms with Crippen LogP contribution in [0.3, 0.4) is 0 Å². The second kappa shape index (κ2) is 8.74. The van der Waals surface area contributed by atoms with Crippen molar-refractivity contribution in [2.24, 2.45) is 4.99 Å². The van der Waals surface area contributed by atoms with Crippen molar-refractivity contribution in [3.05, 3.63) is 107 Å². The number of ether oxygens (including phenoxy) is 1. The molecular formula is C27H21FN2O3. The molecule has 3 aromatic carbocycles. The second-order valence-corrected chi connectivity index (χ2v) is 7.77. The summed E-state index contributed by atoms with van der Waals surface area (Å²) in [5.74, 6) is 0.538. The quantitative estimate of drug-likeness (QED) is 0.341. The molecule has 6 heteroatoms. The summed E-state index contributed by atoms with van der Waals surface area (Å²) in [6.07, 6.45) is 3.17. The number of aliphatic imine (C=N–C) groups is 1. The van der Waals surface area contributed by atoms with E-state index >= 15 is 0 Å². The predicted octanol–water partition coefficient (Wildman–Crippen LogP) is 6.08. The van der Waals surface area contributed by atoms with Crippen LogP contribution in [0.1, 0.15) is 27.0 Å². The Labute approximate surface area is 190 Å². The first-order valence-corrected chi connectivity index (χ1v) is 10.6. The van der Waals surface area contributed by atoms with Crippen molar-refractivity contribution < 1.29 is 18.3 Å². The van der Waals surface area contributed by atoms with Crippen LogP contribution in [-0.4, -0.2) is 24.1 Å². The molecule has 0 atom stereocenters. The summed E-state index contributed by atoms with van der Waals surface area (Å²) in [6, 6.07) is 21.7. The van der Waals surface area contributed by atoms with Gasteiger partial charge in [-0.15, -0.1) is 0 Å². The number of carbonyl (C=O) groups excluding carboxylic acids is 1. The van der Waals surface area contributed by atoms with Crippen LogP contribution in [-0.2, 0) is 13.1 Å². The minimum Gasteiger partial charge on any atom is -0.464 e. The molecule has 1 aliphatic heterocycles. The Hall–Kier alpha value is -4.19. The Kier molecular flexibility index (Phi) is 5.48. The van der Waals surface area contributed by atoms with Crippen LogP contribution >= 0.6 is 0 Å². The van der Waals surface area contributed by atoms with Gasteiger partial charge in [-0.1, -0.05) is 42.5 Å². The van der Waals surface area contributed by atoms with E-state index in [4.69, 9.17) is 9.15 Å². The van der Waals surface area contributed by atoms with Gasteiger partial charge in [-0.25, -0.2) is 4.39 Å². The standard InChI is InChI=1S/C27H21FN2O3/c1-29-15-20-5-2-7-22(28)26(20)33-24-8-3-6-21-17-30(27(31)25(21)24)16-18-10-12-19(13-11-18)23-9-4-14-32-23/h2-15H,16-17H2,1H3. The molecule has 0 N–H and O–H groups in total. The molecule has 0 fully saturated rings. The molecular weight excluding hydrogens is 419 g/mol. The number of nitrogens with zero attached hydrogens (tertiary/aromatic N) is 2. The topological polar surface area (TPSA) is 55.0 Å². The monoisotopic (exact) mass is 440 g/mol. The maximum atomic E-state index is 14.5. The molecule has 4 aromatic rings. The fourth-order valence-corrected chi connectivity index (χ4v) is 4.02. The number of para-hydroxylation sites is 1. The van der Waals surface area contributed by atoms with Gasteiger partial charge in [0.15, 0.2) is 11.6 Å². The number of hydrogen-bond acceptors (Lipinski definition) is 4. The molecule has 0 saturated carbocycles. The van der Waals surface area contributed by atoms with Crippen LogP contribution in [0, 0.1) is 5.82 Å². The summed E-state index contributed by atoms with van der Waals surface area (Å²) >= 11 is 0. The summed E-state index contributed by atoms with van der Waals surface area (Å²) in [5.41, 5.74) is 3.81. The molecule has 0 bridgehead atoms. The number of benzene rings is 3. The Morgan fingerprint density at radius 2 is 1.88 bits per heavy atom. The van der Waals surface area contributed by atoms with E-state index in [0.29, 0.717) is 30.0 Å². The van der Waals surface area contributed by atoms with Crippen LogP contribution in [0.4, 0.5) is 4.39 Å². The Morgan fingerprint density at radius 1 is 1.06 bits per heavy atom. The molecule has 0 aliphatic carbocycles. The normalized spacial score (nSPS) is 13.0. The van der Waals surface area contributed by atoms with Gasteiger partial charge in [0.05, 0.1) is 11.8 Å². The average molecular weight is 440 g/mol. The molecule has 1 aliphatic rings. The van der Waals surface area contributed by atoms with Gasteiger partial charge < -0.3 is 14.1 Å². The lowest BCUT2D eigenvalue weighted by Gasteiger charge is -2.16. The minimum absolute atomic E-state index is 0.0521. The summed E-state index contributed by atoms with van der Waals surface area (Å²) in [5, 5.41) is 0. The van der Waals surface area contributed by atoms with E-state index in [-0.39, 0.29) is 11.7 Å². The van der Waals surface area contributed by atoms with E-state index in [1.165, 1.54) is 12.3 Å². The SMILES string of the molecule is CN=Cc1cccc(F)c1Oc1cccc2c1C(=O)N(Cc1ccc(-c3ccco3)cc1)C2. The van der Waals surface area contributed by atoms with Gasteiger partial charge in [0.2, 0.25) is 0 Å². The molecule has 1 aromatic heterocycles. The van der Waals surface area contributed by atoms with Gasteiger partial charge in [-0.3, -0.25) is 9.79 Å². The minimum atomic E-state index is -0.510. The molecule has 0 radical (unpaired) electrons. The van der Waals surface area contributed by atoms with E-state index in [1.54, 1.807) is 36.4 Å². The first-order chi connectivity index (χ1) is 16.1. The van der Waals surface area contributed by atoms with Gasteiger partial charge >= 0.3 is 0 Å². The number of furan rings is 1. The second-order valence-electron chi connectivity index (χ2n) is 7.77. The van der Waals surface area contributed by atoms with E-state index < -0.39 is 5.82 Å². The molecule has 5 rings (SSSR count). The first kappa shape index (κ1) is 20.7. The van der Waals surface area contributed by atoms with Crippen LogP contribution in [0.2, 0.25) is 0 Å². The third kappa shape index (κ3) is 4.03. The van der Waals surface area contributed by atoms with Gasteiger partial charge in [0.25, 0.3) is 5.91 Å². The maximum Gasteiger partial charge on any atom is 0.258 e. The summed E-state index contributed by atoms with van der Waals surface area (Å²) in [6.45, 7) is 0.921. The third-order valence-electron chi connectivity index (χ3n) is 5.59. The lowest BCUT2D eigenvalue weighted by molar-refractivity contribution is 0.0764. The lowest BCUT2D eigenvalue weighted by Crippen LogP contribution is -2.23. The summed E-state index contributed by atoms with van der Waals surface area (Å²) in [7, 11) is 1.61. The van der Waals surface area contributed by atoms with E-state index in [2.05, 4.69) is 4.99 Å². The zero-order valence-electron chi connectivity index (χ0n) is 18.0. The number of halogens is 1. The number of carbonyl (C=O) groups is 1. The third-order valence-corrected chi connectivity index (χ3v) is 5.59. The highest BCUT2D eigenvalue weighted by atomic mass is 19.1. The van der Waals surface area contributed by atoms with E-state index in [1.807, 2.05) is 48.5 Å². The van der Waals surface area contributed by atoms with Crippen LogP contribution in [0.25, 0.3) is 11.3 Å². The van der Waals surface area contributed by atoms with Crippen molar-refractivity contribution >= 4 is 12.1 Å². The van der Waals surface area contributed by atoms with E-state index in [0.717, 1.165) is 22.5 Å². The fourth-order valence-electron chi connectivity index (χ4n) is 4.02. The van der Waals surface area contributed by atoms with Gasteiger partial charge in [0, 0.05) is 37.5 Å². The largest absolute Gasteiger partial charge is 0.464 e. The number of hydrogen-bond donors (Lipinski definition) is 0.